The fourth-order valence-electron chi connectivity index (χ4n) is 1.76. The summed E-state index contributed by atoms with van der Waals surface area (Å²) in [5.41, 5.74) is 1.91. The molecule has 0 aliphatic rings. The number of carbonyl (C=O) groups excluding carboxylic acids is 2. The van der Waals surface area contributed by atoms with Crippen LogP contribution in [-0.2, 0) is 4.74 Å². The smallest absolute Gasteiger partial charge is 0.340 e. The molecule has 0 aliphatic heterocycles. The van der Waals surface area contributed by atoms with Crippen molar-refractivity contribution in [2.45, 2.75) is 0 Å². The van der Waals surface area contributed by atoms with Crippen LogP contribution in [0.3, 0.4) is 0 Å². The summed E-state index contributed by atoms with van der Waals surface area (Å²) in [6.45, 7) is 0. The van der Waals surface area contributed by atoms with E-state index in [2.05, 4.69) is 10.1 Å². The maximum atomic E-state index is 12.2. The number of anilines is 2. The Morgan fingerprint density at radius 3 is 2.38 bits per heavy atom. The molecule has 2 rings (SSSR count). The van der Waals surface area contributed by atoms with Gasteiger partial charge in [-0.05, 0) is 35.7 Å². The van der Waals surface area contributed by atoms with Gasteiger partial charge in [-0.15, -0.1) is 11.3 Å². The van der Waals surface area contributed by atoms with Crippen LogP contribution in [0.2, 0.25) is 0 Å². The second-order valence-corrected chi connectivity index (χ2v) is 5.47. The molecule has 6 heteroatoms. The van der Waals surface area contributed by atoms with Crippen LogP contribution in [0.5, 0.6) is 0 Å². The Bertz CT molecular complexity index is 647. The minimum atomic E-state index is -0.463. The topological polar surface area (TPSA) is 58.6 Å². The zero-order valence-corrected chi connectivity index (χ0v) is 12.9. The highest BCUT2D eigenvalue weighted by molar-refractivity contribution is 7.14. The van der Waals surface area contributed by atoms with Gasteiger partial charge >= 0.3 is 5.97 Å². The highest BCUT2D eigenvalue weighted by Crippen LogP contribution is 2.24. The first-order chi connectivity index (χ1) is 10.0. The van der Waals surface area contributed by atoms with Gasteiger partial charge in [0.1, 0.15) is 5.00 Å². The third-order valence-corrected chi connectivity index (χ3v) is 3.77. The number of carbonyl (C=O) groups is 2. The van der Waals surface area contributed by atoms with Gasteiger partial charge in [-0.1, -0.05) is 0 Å². The van der Waals surface area contributed by atoms with E-state index in [1.54, 1.807) is 23.6 Å². The number of ether oxygens (including phenoxy) is 1. The first kappa shape index (κ1) is 15.1. The summed E-state index contributed by atoms with van der Waals surface area (Å²) in [5, 5.41) is 4.96. The zero-order chi connectivity index (χ0) is 15.4. The molecular formula is C15H16N2O3S. The van der Waals surface area contributed by atoms with E-state index < -0.39 is 5.97 Å². The minimum Gasteiger partial charge on any atom is -0.465 e. The van der Waals surface area contributed by atoms with E-state index in [1.165, 1.54) is 18.4 Å². The van der Waals surface area contributed by atoms with E-state index in [0.29, 0.717) is 16.1 Å². The van der Waals surface area contributed by atoms with Gasteiger partial charge in [0, 0.05) is 25.3 Å². The van der Waals surface area contributed by atoms with Gasteiger partial charge in [-0.2, -0.15) is 0 Å². The Labute approximate surface area is 127 Å². The number of esters is 1. The van der Waals surface area contributed by atoms with Crippen LogP contribution in [0.4, 0.5) is 10.7 Å². The molecule has 0 fully saturated rings. The molecule has 0 saturated heterocycles. The van der Waals surface area contributed by atoms with Crippen molar-refractivity contribution in [3.8, 4) is 0 Å². The highest BCUT2D eigenvalue weighted by atomic mass is 32.1. The number of thiophene rings is 1. The minimum absolute atomic E-state index is 0.257. The monoisotopic (exact) mass is 304 g/mol. The lowest BCUT2D eigenvalue weighted by Crippen LogP contribution is -2.14. The normalized spacial score (nSPS) is 10.0. The number of hydrogen-bond donors (Lipinski definition) is 1. The molecule has 0 spiro atoms. The van der Waals surface area contributed by atoms with E-state index in [4.69, 9.17) is 0 Å². The first-order valence-electron chi connectivity index (χ1n) is 6.27. The van der Waals surface area contributed by atoms with Gasteiger partial charge in [-0.25, -0.2) is 4.79 Å². The van der Waals surface area contributed by atoms with Gasteiger partial charge in [0.25, 0.3) is 5.91 Å². The Morgan fingerprint density at radius 2 is 1.81 bits per heavy atom. The summed E-state index contributed by atoms with van der Waals surface area (Å²) in [6.07, 6.45) is 0. The van der Waals surface area contributed by atoms with Crippen LogP contribution in [0.25, 0.3) is 0 Å². The van der Waals surface area contributed by atoms with Gasteiger partial charge in [0.15, 0.2) is 0 Å². The lowest BCUT2D eigenvalue weighted by Gasteiger charge is -2.12. The van der Waals surface area contributed by atoms with Crippen LogP contribution < -0.4 is 10.2 Å². The van der Waals surface area contributed by atoms with Crippen molar-refractivity contribution in [2.75, 3.05) is 31.4 Å². The largest absolute Gasteiger partial charge is 0.465 e. The molecule has 1 aromatic carbocycles. The van der Waals surface area contributed by atoms with E-state index in [9.17, 15) is 9.59 Å². The Balaban J connectivity index is 2.15. The summed E-state index contributed by atoms with van der Waals surface area (Å²) in [4.78, 5) is 25.7. The summed E-state index contributed by atoms with van der Waals surface area (Å²) in [7, 11) is 5.18. The maximum absolute atomic E-state index is 12.2. The average Bonchev–Trinajstić information content (AvgIpc) is 2.94. The summed E-state index contributed by atoms with van der Waals surface area (Å²) in [6, 6.07) is 8.85. The molecule has 0 aliphatic carbocycles. The molecule has 110 valence electrons. The molecule has 5 nitrogen and oxygen atoms in total. The molecule has 21 heavy (non-hydrogen) atoms. The predicted octanol–water partition coefficient (Wildman–Crippen LogP) is 2.85. The number of rotatable bonds is 4. The van der Waals surface area contributed by atoms with Crippen molar-refractivity contribution in [3.05, 3.63) is 46.8 Å². The van der Waals surface area contributed by atoms with Crippen LogP contribution in [0.1, 0.15) is 20.7 Å². The second kappa shape index (κ2) is 6.41. The lowest BCUT2D eigenvalue weighted by molar-refractivity contribution is 0.0602. The van der Waals surface area contributed by atoms with Crippen molar-refractivity contribution in [2.24, 2.45) is 0 Å². The number of amides is 1. The fourth-order valence-corrected chi connectivity index (χ4v) is 2.53. The van der Waals surface area contributed by atoms with Gasteiger partial charge in [-0.3, -0.25) is 4.79 Å². The van der Waals surface area contributed by atoms with Crippen LogP contribution >= 0.6 is 11.3 Å². The number of methoxy groups -OCH3 is 1. The maximum Gasteiger partial charge on any atom is 0.340 e. The summed E-state index contributed by atoms with van der Waals surface area (Å²) in [5.74, 6) is -0.720. The molecule has 0 bridgehead atoms. The standard InChI is InChI=1S/C15H16N2O3S/c1-17(2)11-6-4-10(5-7-11)13(18)16-14-12(8-9-21-14)15(19)20-3/h4-9H,1-3H3,(H,16,18). The average molecular weight is 304 g/mol. The van der Waals surface area contributed by atoms with Crippen LogP contribution in [0.15, 0.2) is 35.7 Å². The molecule has 1 aromatic heterocycles. The molecule has 1 N–H and O–H groups in total. The number of hydrogen-bond acceptors (Lipinski definition) is 5. The molecule has 1 amide bonds. The SMILES string of the molecule is COC(=O)c1ccsc1NC(=O)c1ccc(N(C)C)cc1. The van der Waals surface area contributed by atoms with Crippen LogP contribution in [-0.4, -0.2) is 33.1 Å². The number of nitrogens with zero attached hydrogens (tertiary/aromatic N) is 1. The quantitative estimate of drug-likeness (QED) is 0.882. The zero-order valence-electron chi connectivity index (χ0n) is 12.0. The summed E-state index contributed by atoms with van der Waals surface area (Å²) < 4.78 is 4.68. The molecular weight excluding hydrogens is 288 g/mol. The molecule has 2 aromatic rings. The van der Waals surface area contributed by atoms with Crippen molar-refractivity contribution in [1.82, 2.24) is 0 Å². The highest BCUT2D eigenvalue weighted by Gasteiger charge is 2.16. The van der Waals surface area contributed by atoms with Crippen molar-refractivity contribution in [3.63, 3.8) is 0 Å². The van der Waals surface area contributed by atoms with Gasteiger partial charge in [0.05, 0.1) is 12.7 Å². The Kier molecular flexibility index (Phi) is 4.59. The van der Waals surface area contributed by atoms with Gasteiger partial charge < -0.3 is 15.0 Å². The Morgan fingerprint density at radius 1 is 1.14 bits per heavy atom. The van der Waals surface area contributed by atoms with E-state index >= 15 is 0 Å². The van der Waals surface area contributed by atoms with Crippen LogP contribution in [0, 0.1) is 0 Å². The third-order valence-electron chi connectivity index (χ3n) is 2.94. The molecule has 1 heterocycles. The molecule has 0 unspecified atom stereocenters. The van der Waals surface area contributed by atoms with E-state index in [1.807, 2.05) is 31.1 Å². The third kappa shape index (κ3) is 3.41. The van der Waals surface area contributed by atoms with E-state index in [0.717, 1.165) is 5.69 Å². The van der Waals surface area contributed by atoms with Gasteiger partial charge in [0.2, 0.25) is 0 Å². The number of benzene rings is 1. The number of nitrogens with one attached hydrogen (secondary N) is 1. The van der Waals surface area contributed by atoms with Crippen molar-refractivity contribution < 1.29 is 14.3 Å². The fraction of sp³-hybridized carbons (Fsp3) is 0.200. The van der Waals surface area contributed by atoms with E-state index in [-0.39, 0.29) is 5.91 Å². The van der Waals surface area contributed by atoms with Crippen molar-refractivity contribution in [1.29, 1.82) is 0 Å². The predicted molar refractivity (Wildman–Crippen MR) is 84.4 cm³/mol. The summed E-state index contributed by atoms with van der Waals surface area (Å²) >= 11 is 1.28. The lowest BCUT2D eigenvalue weighted by atomic mass is 10.2. The Hall–Kier alpha value is -2.34. The molecule has 0 atom stereocenters. The molecule has 0 radical (unpaired) electrons. The van der Waals surface area contributed by atoms with Crippen molar-refractivity contribution >= 4 is 33.9 Å². The first-order valence-corrected chi connectivity index (χ1v) is 7.15. The molecule has 0 saturated carbocycles. The second-order valence-electron chi connectivity index (χ2n) is 4.55.